The number of hydrogen-bond donors (Lipinski definition) is 2. The van der Waals surface area contributed by atoms with Gasteiger partial charge in [-0.15, -0.1) is 11.3 Å². The first-order chi connectivity index (χ1) is 14.1. The summed E-state index contributed by atoms with van der Waals surface area (Å²) >= 11 is 1.09. The lowest BCUT2D eigenvalue weighted by atomic mass is 10.1. The highest BCUT2D eigenvalue weighted by Crippen LogP contribution is 2.32. The van der Waals surface area contributed by atoms with Gasteiger partial charge in [-0.05, 0) is 30.3 Å². The zero-order valence-corrected chi connectivity index (χ0v) is 16.5. The molecule has 0 bridgehead atoms. The van der Waals surface area contributed by atoms with Gasteiger partial charge in [0.2, 0.25) is 0 Å². The Morgan fingerprint density at radius 2 is 1.80 bits per heavy atom. The molecular formula is C18H13F4N3O3S2. The monoisotopic (exact) mass is 459 g/mol. The topological polar surface area (TPSA) is 88.2 Å². The zero-order valence-electron chi connectivity index (χ0n) is 14.9. The molecule has 0 unspecified atom stereocenters. The average Bonchev–Trinajstić information content (AvgIpc) is 3.18. The minimum atomic E-state index is -4.85. The first-order valence-electron chi connectivity index (χ1n) is 8.23. The molecule has 0 fully saturated rings. The van der Waals surface area contributed by atoms with Gasteiger partial charge < -0.3 is 5.32 Å². The van der Waals surface area contributed by atoms with Gasteiger partial charge in [0, 0.05) is 29.2 Å². The number of thiazole rings is 1. The van der Waals surface area contributed by atoms with Gasteiger partial charge in [0.1, 0.15) is 5.82 Å². The van der Waals surface area contributed by atoms with Crippen molar-refractivity contribution in [1.29, 1.82) is 0 Å². The van der Waals surface area contributed by atoms with Crippen LogP contribution >= 0.6 is 11.3 Å². The molecule has 3 rings (SSSR count). The molecule has 0 spiro atoms. The van der Waals surface area contributed by atoms with Crippen molar-refractivity contribution in [3.8, 4) is 0 Å². The van der Waals surface area contributed by atoms with Crippen LogP contribution in [-0.4, -0.2) is 19.3 Å². The summed E-state index contributed by atoms with van der Waals surface area (Å²) in [6.07, 6.45) is -3.42. The lowest BCUT2D eigenvalue weighted by molar-refractivity contribution is -0.140. The summed E-state index contributed by atoms with van der Waals surface area (Å²) < 4.78 is 79.1. The lowest BCUT2D eigenvalue weighted by Gasteiger charge is -2.12. The maximum atomic E-state index is 14.0. The normalized spacial score (nSPS) is 11.9. The number of carbonyl (C=O) groups excluding carboxylic acids is 1. The summed E-state index contributed by atoms with van der Waals surface area (Å²) in [6.45, 7) is -0.472. The molecule has 1 heterocycles. The number of anilines is 1. The molecule has 3 aromatic rings. The van der Waals surface area contributed by atoms with Crippen molar-refractivity contribution in [1.82, 2.24) is 10.3 Å². The Balaban J connectivity index is 1.69. The molecule has 0 aliphatic rings. The van der Waals surface area contributed by atoms with Crippen LogP contribution in [0.15, 0.2) is 58.9 Å². The Kier molecular flexibility index (Phi) is 6.08. The molecule has 30 heavy (non-hydrogen) atoms. The number of sulfonamides is 1. The van der Waals surface area contributed by atoms with E-state index in [4.69, 9.17) is 0 Å². The van der Waals surface area contributed by atoms with Gasteiger partial charge >= 0.3 is 6.18 Å². The number of rotatable bonds is 6. The van der Waals surface area contributed by atoms with Gasteiger partial charge in [0.15, 0.2) is 5.13 Å². The first kappa shape index (κ1) is 21.7. The quantitative estimate of drug-likeness (QED) is 0.545. The second kappa shape index (κ2) is 8.40. The molecule has 0 atom stereocenters. The number of benzene rings is 2. The minimum Gasteiger partial charge on any atom is -0.348 e. The van der Waals surface area contributed by atoms with Gasteiger partial charge in [-0.2, -0.15) is 13.2 Å². The van der Waals surface area contributed by atoms with Crippen molar-refractivity contribution in [2.24, 2.45) is 0 Å². The van der Waals surface area contributed by atoms with E-state index < -0.39 is 40.0 Å². The molecule has 0 saturated heterocycles. The molecule has 6 nitrogen and oxygen atoms in total. The fraction of sp³-hybridized carbons (Fsp3) is 0.111. The fourth-order valence-electron chi connectivity index (χ4n) is 2.45. The van der Waals surface area contributed by atoms with E-state index in [2.05, 4.69) is 15.0 Å². The second-order valence-electron chi connectivity index (χ2n) is 5.93. The number of alkyl halides is 3. The van der Waals surface area contributed by atoms with Crippen molar-refractivity contribution in [2.45, 2.75) is 17.6 Å². The van der Waals surface area contributed by atoms with Gasteiger partial charge in [-0.1, -0.05) is 12.1 Å². The van der Waals surface area contributed by atoms with Crippen LogP contribution in [0.25, 0.3) is 0 Å². The molecule has 2 N–H and O–H groups in total. The van der Waals surface area contributed by atoms with Gasteiger partial charge in [0.05, 0.1) is 10.5 Å². The Morgan fingerprint density at radius 3 is 2.40 bits per heavy atom. The molecule has 2 aromatic carbocycles. The number of nitrogens with zero attached hydrogens (tertiary/aromatic N) is 1. The Hall–Kier alpha value is -2.99. The van der Waals surface area contributed by atoms with E-state index in [1.54, 1.807) is 5.38 Å². The van der Waals surface area contributed by atoms with Crippen LogP contribution in [0.4, 0.5) is 22.7 Å². The minimum absolute atomic E-state index is 0.0515. The SMILES string of the molecule is O=C(NCc1cccc(C(F)(F)F)c1F)c1ccc(S(=O)(=O)Nc2nccs2)cc1. The van der Waals surface area contributed by atoms with Crippen molar-refractivity contribution >= 4 is 32.4 Å². The smallest absolute Gasteiger partial charge is 0.348 e. The van der Waals surface area contributed by atoms with E-state index in [0.29, 0.717) is 6.07 Å². The number of halogens is 4. The number of amides is 1. The lowest BCUT2D eigenvalue weighted by Crippen LogP contribution is -2.24. The summed E-state index contributed by atoms with van der Waals surface area (Å²) in [5.41, 5.74) is -1.70. The highest BCUT2D eigenvalue weighted by Gasteiger charge is 2.34. The van der Waals surface area contributed by atoms with Crippen LogP contribution in [0, 0.1) is 5.82 Å². The van der Waals surface area contributed by atoms with E-state index in [9.17, 15) is 30.8 Å². The standard InChI is InChI=1S/C18H13F4N3O3S2/c19-15-12(2-1-3-14(15)18(20,21)22)10-24-16(26)11-4-6-13(7-5-11)30(27,28)25-17-23-8-9-29-17/h1-9H,10H2,(H,23,25)(H,24,26). The number of aromatic nitrogens is 1. The van der Waals surface area contributed by atoms with Gasteiger partial charge in [0.25, 0.3) is 15.9 Å². The zero-order chi connectivity index (χ0) is 21.9. The first-order valence-corrected chi connectivity index (χ1v) is 10.6. The summed E-state index contributed by atoms with van der Waals surface area (Å²) in [5, 5.41) is 4.09. The summed E-state index contributed by atoms with van der Waals surface area (Å²) in [7, 11) is -3.90. The van der Waals surface area contributed by atoms with Crippen molar-refractivity contribution in [3.63, 3.8) is 0 Å². The molecule has 1 amide bonds. The summed E-state index contributed by atoms with van der Waals surface area (Å²) in [4.78, 5) is 15.9. The Morgan fingerprint density at radius 1 is 1.10 bits per heavy atom. The molecule has 12 heteroatoms. The van der Waals surface area contributed by atoms with E-state index in [0.717, 1.165) is 23.5 Å². The van der Waals surface area contributed by atoms with Crippen molar-refractivity contribution in [2.75, 3.05) is 4.72 Å². The third-order valence-corrected chi connectivity index (χ3v) is 6.08. The van der Waals surface area contributed by atoms with Crippen LogP contribution in [-0.2, 0) is 22.7 Å². The predicted molar refractivity (Wildman–Crippen MR) is 102 cm³/mol. The van der Waals surface area contributed by atoms with Crippen molar-refractivity contribution in [3.05, 3.63) is 76.5 Å². The Bertz CT molecular complexity index is 1150. The molecule has 0 aliphatic carbocycles. The van der Waals surface area contributed by atoms with E-state index >= 15 is 0 Å². The van der Waals surface area contributed by atoms with Crippen LogP contribution in [0.2, 0.25) is 0 Å². The van der Waals surface area contributed by atoms with Crippen LogP contribution in [0.3, 0.4) is 0 Å². The van der Waals surface area contributed by atoms with Gasteiger partial charge in [-0.3, -0.25) is 9.52 Å². The Labute approximate surface area is 172 Å². The third kappa shape index (κ3) is 4.94. The van der Waals surface area contributed by atoms with Crippen LogP contribution in [0.5, 0.6) is 0 Å². The molecule has 0 saturated carbocycles. The van der Waals surface area contributed by atoms with Crippen LogP contribution in [0.1, 0.15) is 21.5 Å². The van der Waals surface area contributed by atoms with Gasteiger partial charge in [-0.25, -0.2) is 17.8 Å². The molecule has 0 radical (unpaired) electrons. The summed E-state index contributed by atoms with van der Waals surface area (Å²) in [5.74, 6) is -2.16. The fourth-order valence-corrected chi connectivity index (χ4v) is 4.23. The predicted octanol–water partition coefficient (Wildman–Crippen LogP) is 4.03. The number of nitrogens with one attached hydrogen (secondary N) is 2. The molecular weight excluding hydrogens is 446 g/mol. The molecule has 0 aliphatic heterocycles. The van der Waals surface area contributed by atoms with Crippen LogP contribution < -0.4 is 10.0 Å². The number of hydrogen-bond acceptors (Lipinski definition) is 5. The van der Waals surface area contributed by atoms with E-state index in [1.807, 2.05) is 0 Å². The maximum absolute atomic E-state index is 14.0. The molecule has 158 valence electrons. The number of carbonyl (C=O) groups is 1. The van der Waals surface area contributed by atoms with E-state index in [-0.39, 0.29) is 21.2 Å². The average molecular weight is 459 g/mol. The van der Waals surface area contributed by atoms with E-state index in [1.165, 1.54) is 30.5 Å². The largest absolute Gasteiger partial charge is 0.419 e. The third-order valence-electron chi connectivity index (χ3n) is 3.90. The maximum Gasteiger partial charge on any atom is 0.419 e. The highest BCUT2D eigenvalue weighted by molar-refractivity contribution is 7.93. The summed E-state index contributed by atoms with van der Waals surface area (Å²) in [6, 6.07) is 7.63. The highest BCUT2D eigenvalue weighted by atomic mass is 32.2. The van der Waals surface area contributed by atoms with Crippen molar-refractivity contribution < 1.29 is 30.8 Å². The molecule has 1 aromatic heterocycles. The second-order valence-corrected chi connectivity index (χ2v) is 8.50.